The molecule has 3 heterocycles. The van der Waals surface area contributed by atoms with Crippen LogP contribution in [0, 0.1) is 6.92 Å². The predicted octanol–water partition coefficient (Wildman–Crippen LogP) is 1.92. The van der Waals surface area contributed by atoms with Gasteiger partial charge in [0.1, 0.15) is 6.61 Å². The largest absolute Gasteiger partial charge is 0.416 e. The molecule has 3 amide bonds. The molecule has 0 bridgehead atoms. The third kappa shape index (κ3) is 4.39. The van der Waals surface area contributed by atoms with Crippen LogP contribution < -0.4 is 5.32 Å². The Morgan fingerprint density at radius 1 is 1.27 bits per heavy atom. The second-order valence-electron chi connectivity index (χ2n) is 8.02. The van der Waals surface area contributed by atoms with Gasteiger partial charge in [-0.3, -0.25) is 4.79 Å². The summed E-state index contributed by atoms with van der Waals surface area (Å²) in [6.45, 7) is 3.76. The predicted molar refractivity (Wildman–Crippen MR) is 99.6 cm³/mol. The van der Waals surface area contributed by atoms with Crippen molar-refractivity contribution in [1.29, 1.82) is 0 Å². The maximum atomic E-state index is 12.8. The Labute approximate surface area is 172 Å². The molecule has 4 rings (SSSR count). The van der Waals surface area contributed by atoms with Crippen LogP contribution in [0.1, 0.15) is 23.1 Å². The van der Waals surface area contributed by atoms with Crippen molar-refractivity contribution in [3.05, 3.63) is 34.9 Å². The monoisotopic (exact) mass is 427 g/mol. The van der Waals surface area contributed by atoms with Crippen molar-refractivity contribution < 1.29 is 32.2 Å². The number of nitrogens with one attached hydrogen (secondary N) is 1. The van der Waals surface area contributed by atoms with E-state index < -0.39 is 11.7 Å². The Morgan fingerprint density at radius 2 is 2.03 bits per heavy atom. The van der Waals surface area contributed by atoms with Gasteiger partial charge in [-0.2, -0.15) is 13.2 Å². The third-order valence-electron chi connectivity index (χ3n) is 5.86. The second kappa shape index (κ2) is 8.07. The lowest BCUT2D eigenvalue weighted by molar-refractivity contribution is -0.140. The summed E-state index contributed by atoms with van der Waals surface area (Å²) in [6, 6.07) is 3.33. The van der Waals surface area contributed by atoms with E-state index in [2.05, 4.69) is 5.32 Å². The van der Waals surface area contributed by atoms with Gasteiger partial charge in [0.2, 0.25) is 5.91 Å². The summed E-state index contributed by atoms with van der Waals surface area (Å²) < 4.78 is 49.6. The van der Waals surface area contributed by atoms with Crippen molar-refractivity contribution in [3.63, 3.8) is 0 Å². The number of urea groups is 1. The van der Waals surface area contributed by atoms with E-state index >= 15 is 0 Å². The molecule has 0 radical (unpaired) electrons. The van der Waals surface area contributed by atoms with Crippen molar-refractivity contribution in [2.75, 3.05) is 32.8 Å². The Morgan fingerprint density at radius 3 is 2.73 bits per heavy atom. The normalized spacial score (nSPS) is 24.9. The first-order valence-corrected chi connectivity index (χ1v) is 9.94. The molecule has 3 fully saturated rings. The van der Waals surface area contributed by atoms with E-state index in [0.717, 1.165) is 12.1 Å². The summed E-state index contributed by atoms with van der Waals surface area (Å²) in [5.41, 5.74) is 0.548. The fourth-order valence-electron chi connectivity index (χ4n) is 4.02. The Balaban J connectivity index is 1.23. The average Bonchev–Trinajstić information content (AvgIpc) is 2.66. The first kappa shape index (κ1) is 20.9. The van der Waals surface area contributed by atoms with E-state index in [0.29, 0.717) is 43.7 Å². The zero-order valence-electron chi connectivity index (χ0n) is 16.6. The number of aryl methyl sites for hydroxylation is 1. The quantitative estimate of drug-likeness (QED) is 0.800. The minimum Gasteiger partial charge on any atom is -0.370 e. The molecule has 0 saturated carbocycles. The maximum absolute atomic E-state index is 12.8. The minimum atomic E-state index is -4.36. The molecule has 1 aromatic carbocycles. The number of piperidine rings is 1. The van der Waals surface area contributed by atoms with E-state index in [1.165, 1.54) is 6.07 Å². The molecule has 1 aromatic rings. The zero-order valence-corrected chi connectivity index (χ0v) is 16.6. The number of hydrogen-bond donors (Lipinski definition) is 1. The lowest BCUT2D eigenvalue weighted by Crippen LogP contribution is -2.65. The van der Waals surface area contributed by atoms with Gasteiger partial charge >= 0.3 is 12.2 Å². The molecule has 30 heavy (non-hydrogen) atoms. The van der Waals surface area contributed by atoms with Gasteiger partial charge in [-0.05, 0) is 36.6 Å². The van der Waals surface area contributed by atoms with E-state index in [4.69, 9.17) is 9.47 Å². The number of carbonyl (C=O) groups excluding carboxylic acids is 2. The molecular weight excluding hydrogens is 403 g/mol. The number of alkyl halides is 3. The number of fused-ring (bicyclic) bond motifs is 1. The molecule has 0 unspecified atom stereocenters. The molecule has 1 N–H and O–H groups in total. The van der Waals surface area contributed by atoms with Crippen LogP contribution in [0.5, 0.6) is 0 Å². The number of hydrogen-bond acceptors (Lipinski definition) is 4. The molecule has 3 aliphatic rings. The average molecular weight is 427 g/mol. The molecule has 2 atom stereocenters. The van der Waals surface area contributed by atoms with Gasteiger partial charge in [0, 0.05) is 13.1 Å². The number of nitrogens with zero attached hydrogens (tertiary/aromatic N) is 2. The van der Waals surface area contributed by atoms with Crippen LogP contribution in [0.2, 0.25) is 0 Å². The van der Waals surface area contributed by atoms with E-state index in [9.17, 15) is 22.8 Å². The third-order valence-corrected chi connectivity index (χ3v) is 5.86. The highest BCUT2D eigenvalue weighted by molar-refractivity contribution is 5.79. The number of benzene rings is 1. The number of likely N-dealkylation sites (tertiary alicyclic amines) is 2. The van der Waals surface area contributed by atoms with Gasteiger partial charge in [-0.1, -0.05) is 6.07 Å². The van der Waals surface area contributed by atoms with Crippen molar-refractivity contribution in [3.8, 4) is 0 Å². The highest BCUT2D eigenvalue weighted by Crippen LogP contribution is 2.31. The van der Waals surface area contributed by atoms with Crippen LogP contribution in [0.3, 0.4) is 0 Å². The summed E-state index contributed by atoms with van der Waals surface area (Å²) in [5.74, 6) is -0.165. The fourth-order valence-corrected chi connectivity index (χ4v) is 4.02. The van der Waals surface area contributed by atoms with Gasteiger partial charge in [-0.15, -0.1) is 0 Å². The molecule has 0 spiro atoms. The van der Waals surface area contributed by atoms with Crippen LogP contribution >= 0.6 is 0 Å². The van der Waals surface area contributed by atoms with Crippen LogP contribution in [0.4, 0.5) is 18.0 Å². The fraction of sp³-hybridized carbons (Fsp3) is 0.600. The van der Waals surface area contributed by atoms with Gasteiger partial charge in [0.15, 0.2) is 0 Å². The van der Waals surface area contributed by atoms with Gasteiger partial charge in [0.05, 0.1) is 43.5 Å². The SMILES string of the molecule is Cc1cc(C(F)(F)F)ccc1COC1CN(C(=O)N2CC[C@@H]3OCC(=O)N[C@@H]3C2)C1. The summed E-state index contributed by atoms with van der Waals surface area (Å²) in [6.07, 6.45) is -3.88. The Hall–Kier alpha value is -2.33. The zero-order chi connectivity index (χ0) is 21.5. The van der Waals surface area contributed by atoms with Crippen LogP contribution in [-0.4, -0.2) is 72.8 Å². The number of carbonyl (C=O) groups is 2. The van der Waals surface area contributed by atoms with Crippen molar-refractivity contribution in [2.45, 2.75) is 44.4 Å². The van der Waals surface area contributed by atoms with Crippen LogP contribution in [-0.2, 0) is 27.1 Å². The molecule has 164 valence electrons. The smallest absolute Gasteiger partial charge is 0.370 e. The second-order valence-corrected chi connectivity index (χ2v) is 8.02. The minimum absolute atomic E-state index is 0.0498. The van der Waals surface area contributed by atoms with Crippen molar-refractivity contribution in [2.24, 2.45) is 0 Å². The summed E-state index contributed by atoms with van der Waals surface area (Å²) in [5, 5.41) is 2.87. The first-order chi connectivity index (χ1) is 14.2. The Bertz CT molecular complexity index is 826. The molecule has 3 saturated heterocycles. The highest BCUT2D eigenvalue weighted by atomic mass is 19.4. The van der Waals surface area contributed by atoms with Gasteiger partial charge < -0.3 is 24.6 Å². The van der Waals surface area contributed by atoms with E-state index in [1.54, 1.807) is 16.7 Å². The van der Waals surface area contributed by atoms with E-state index in [1.807, 2.05) is 0 Å². The number of ether oxygens (including phenoxy) is 2. The summed E-state index contributed by atoms with van der Waals surface area (Å²) in [7, 11) is 0. The van der Waals surface area contributed by atoms with Gasteiger partial charge in [-0.25, -0.2) is 4.79 Å². The molecular formula is C20H24F3N3O4. The topological polar surface area (TPSA) is 71.1 Å². The summed E-state index contributed by atoms with van der Waals surface area (Å²) in [4.78, 5) is 27.6. The van der Waals surface area contributed by atoms with Gasteiger partial charge in [0.25, 0.3) is 0 Å². The van der Waals surface area contributed by atoms with Crippen molar-refractivity contribution >= 4 is 11.9 Å². The lowest BCUT2D eigenvalue weighted by atomic mass is 10.0. The molecule has 10 heteroatoms. The molecule has 3 aliphatic heterocycles. The molecule has 0 aliphatic carbocycles. The summed E-state index contributed by atoms with van der Waals surface area (Å²) >= 11 is 0. The number of morpholine rings is 1. The van der Waals surface area contributed by atoms with E-state index in [-0.39, 0.29) is 43.4 Å². The van der Waals surface area contributed by atoms with Crippen molar-refractivity contribution in [1.82, 2.24) is 15.1 Å². The first-order valence-electron chi connectivity index (χ1n) is 9.94. The number of rotatable bonds is 3. The lowest BCUT2D eigenvalue weighted by Gasteiger charge is -2.46. The molecule has 0 aromatic heterocycles. The highest BCUT2D eigenvalue weighted by Gasteiger charge is 2.40. The standard InChI is InChI=1S/C20H24F3N3O4/c1-12-6-14(20(21,22)23)3-2-13(12)10-29-15-7-26(8-15)19(28)25-5-4-17-16(9-25)24-18(27)11-30-17/h2-3,6,15-17H,4-5,7-11H2,1H3,(H,24,27)/t16-,17+/m1/s1. The Kier molecular flexibility index (Phi) is 5.63. The molecule has 7 nitrogen and oxygen atoms in total. The number of amides is 3. The van der Waals surface area contributed by atoms with Crippen LogP contribution in [0.25, 0.3) is 0 Å². The van der Waals surface area contributed by atoms with Crippen LogP contribution in [0.15, 0.2) is 18.2 Å². The number of halogens is 3. The maximum Gasteiger partial charge on any atom is 0.416 e.